The van der Waals surface area contributed by atoms with Crippen LogP contribution in [-0.4, -0.2) is 31.5 Å². The summed E-state index contributed by atoms with van der Waals surface area (Å²) in [5.74, 6) is -3.03. The lowest BCUT2D eigenvalue weighted by Crippen LogP contribution is -2.29. The van der Waals surface area contributed by atoms with Gasteiger partial charge in [-0.15, -0.1) is 0 Å². The number of nitrogens with zero attached hydrogens (tertiary/aromatic N) is 4. The van der Waals surface area contributed by atoms with Crippen LogP contribution >= 0.6 is 0 Å². The minimum absolute atomic E-state index is 0.121. The van der Waals surface area contributed by atoms with Crippen molar-refractivity contribution in [3.63, 3.8) is 0 Å². The molecule has 8 nitrogen and oxygen atoms in total. The lowest BCUT2D eigenvalue weighted by atomic mass is 9.85. The van der Waals surface area contributed by atoms with Gasteiger partial charge in [0.2, 0.25) is 17.8 Å². The molecule has 0 saturated heterocycles. The third kappa shape index (κ3) is 4.38. The van der Waals surface area contributed by atoms with E-state index in [0.717, 1.165) is 25.7 Å². The summed E-state index contributed by atoms with van der Waals surface area (Å²) in [6.07, 6.45) is 8.42. The number of hydrogen-bond acceptors (Lipinski definition) is 6. The summed E-state index contributed by atoms with van der Waals surface area (Å²) in [6.45, 7) is 0. The number of halogens is 3. The molecule has 1 aromatic carbocycles. The highest BCUT2D eigenvalue weighted by molar-refractivity contribution is 5.78. The molecule has 0 bridgehead atoms. The third-order valence-electron chi connectivity index (χ3n) is 6.83. The zero-order valence-corrected chi connectivity index (χ0v) is 18.5. The van der Waals surface area contributed by atoms with Crippen molar-refractivity contribution in [2.24, 2.45) is 11.7 Å². The number of nitrogens with one attached hydrogen (secondary N) is 2. The van der Waals surface area contributed by atoms with Crippen LogP contribution in [0.15, 0.2) is 18.3 Å². The predicted octanol–water partition coefficient (Wildman–Crippen LogP) is 4.56. The Morgan fingerprint density at radius 3 is 2.32 bits per heavy atom. The van der Waals surface area contributed by atoms with Crippen molar-refractivity contribution in [1.82, 2.24) is 19.5 Å². The quantitative estimate of drug-likeness (QED) is 0.484. The Morgan fingerprint density at radius 1 is 1.00 bits per heavy atom. The van der Waals surface area contributed by atoms with E-state index >= 15 is 0 Å². The molecule has 34 heavy (non-hydrogen) atoms. The molecule has 4 N–H and O–H groups in total. The maximum absolute atomic E-state index is 14.4. The van der Waals surface area contributed by atoms with Crippen molar-refractivity contribution >= 4 is 34.7 Å². The molecule has 2 aliphatic carbocycles. The molecular weight excluding hydrogens is 447 g/mol. The molecule has 2 aliphatic rings. The number of imidazole rings is 1. The van der Waals surface area contributed by atoms with E-state index in [1.54, 1.807) is 10.8 Å². The van der Waals surface area contributed by atoms with Crippen LogP contribution in [0.2, 0.25) is 0 Å². The second kappa shape index (κ2) is 9.11. The number of rotatable bonds is 6. The van der Waals surface area contributed by atoms with Crippen molar-refractivity contribution < 1.29 is 18.0 Å². The fourth-order valence-electron chi connectivity index (χ4n) is 5.04. The minimum Gasteiger partial charge on any atom is -0.369 e. The second-order valence-corrected chi connectivity index (χ2v) is 9.11. The van der Waals surface area contributed by atoms with Gasteiger partial charge in [0.05, 0.1) is 6.20 Å². The monoisotopic (exact) mass is 473 g/mol. The Bertz CT molecular complexity index is 1190. The van der Waals surface area contributed by atoms with Gasteiger partial charge in [0.1, 0.15) is 17.0 Å². The van der Waals surface area contributed by atoms with Crippen LogP contribution in [0, 0.1) is 23.4 Å². The highest BCUT2D eigenvalue weighted by Gasteiger charge is 2.30. The molecule has 0 unspecified atom stereocenters. The number of fused-ring (bicyclic) bond motifs is 1. The molecular formula is C23H26F3N7O. The lowest BCUT2D eigenvalue weighted by molar-refractivity contribution is -0.122. The van der Waals surface area contributed by atoms with Crippen molar-refractivity contribution in [2.45, 2.75) is 63.5 Å². The number of nitrogens with two attached hydrogens (primary N) is 1. The van der Waals surface area contributed by atoms with Gasteiger partial charge in [-0.1, -0.05) is 12.8 Å². The van der Waals surface area contributed by atoms with Crippen LogP contribution < -0.4 is 16.4 Å². The van der Waals surface area contributed by atoms with Gasteiger partial charge >= 0.3 is 0 Å². The van der Waals surface area contributed by atoms with E-state index in [0.29, 0.717) is 61.0 Å². The van der Waals surface area contributed by atoms with Crippen LogP contribution in [0.25, 0.3) is 11.2 Å². The van der Waals surface area contributed by atoms with Crippen molar-refractivity contribution in [2.75, 3.05) is 10.6 Å². The number of carbonyl (C=O) groups excluding carboxylic acids is 1. The maximum Gasteiger partial charge on any atom is 0.224 e. The summed E-state index contributed by atoms with van der Waals surface area (Å²) in [5.41, 5.74) is 5.96. The minimum atomic E-state index is -1.07. The third-order valence-corrected chi connectivity index (χ3v) is 6.83. The Hall–Kier alpha value is -3.37. The summed E-state index contributed by atoms with van der Waals surface area (Å²) in [6, 6.07) is 1.41. The molecule has 2 aromatic heterocycles. The van der Waals surface area contributed by atoms with Gasteiger partial charge in [0.25, 0.3) is 0 Å². The van der Waals surface area contributed by atoms with Gasteiger partial charge in [-0.05, 0) is 38.5 Å². The molecule has 2 saturated carbocycles. The van der Waals surface area contributed by atoms with Gasteiger partial charge < -0.3 is 16.4 Å². The van der Waals surface area contributed by atoms with Gasteiger partial charge in [-0.3, -0.25) is 9.36 Å². The predicted molar refractivity (Wildman–Crippen MR) is 121 cm³/mol. The first-order valence-electron chi connectivity index (χ1n) is 11.6. The average Bonchev–Trinajstić information content (AvgIpc) is 3.43. The highest BCUT2D eigenvalue weighted by Crippen LogP contribution is 2.37. The van der Waals surface area contributed by atoms with Crippen LogP contribution in [-0.2, 0) is 4.79 Å². The average molecular weight is 474 g/mol. The van der Waals surface area contributed by atoms with E-state index in [4.69, 9.17) is 5.73 Å². The molecule has 3 aromatic rings. The Kier molecular flexibility index (Phi) is 6.01. The van der Waals surface area contributed by atoms with Crippen molar-refractivity contribution in [3.8, 4) is 0 Å². The van der Waals surface area contributed by atoms with E-state index in [1.807, 2.05) is 0 Å². The Balaban J connectivity index is 1.54. The molecule has 0 atom stereocenters. The molecule has 0 aliphatic heterocycles. The lowest BCUT2D eigenvalue weighted by Gasteiger charge is -2.29. The second-order valence-electron chi connectivity index (χ2n) is 9.11. The zero-order chi connectivity index (χ0) is 23.8. The largest absolute Gasteiger partial charge is 0.369 e. The summed E-state index contributed by atoms with van der Waals surface area (Å²) in [4.78, 5) is 25.2. The van der Waals surface area contributed by atoms with Crippen LogP contribution in [0.1, 0.15) is 57.4 Å². The smallest absolute Gasteiger partial charge is 0.224 e. The normalized spacial score (nSPS) is 21.1. The van der Waals surface area contributed by atoms with E-state index in [2.05, 4.69) is 25.6 Å². The SMILES string of the molecule is NC(=O)[C@H]1CC[C@H](n2c(Nc3c(F)cc(F)cc3F)nc3cnc(NC4CCCC4)nc32)CC1. The molecule has 5 rings (SSSR count). The van der Waals surface area contributed by atoms with Gasteiger partial charge in [0.15, 0.2) is 17.3 Å². The number of anilines is 3. The molecule has 1 amide bonds. The number of aromatic nitrogens is 4. The Labute approximate surface area is 194 Å². The van der Waals surface area contributed by atoms with Crippen molar-refractivity contribution in [3.05, 3.63) is 35.8 Å². The van der Waals surface area contributed by atoms with E-state index < -0.39 is 23.1 Å². The summed E-state index contributed by atoms with van der Waals surface area (Å²) in [7, 11) is 0. The van der Waals surface area contributed by atoms with Crippen LogP contribution in [0.4, 0.5) is 30.8 Å². The summed E-state index contributed by atoms with van der Waals surface area (Å²) >= 11 is 0. The summed E-state index contributed by atoms with van der Waals surface area (Å²) in [5, 5.41) is 6.07. The number of primary amides is 1. The zero-order valence-electron chi connectivity index (χ0n) is 18.5. The number of hydrogen-bond donors (Lipinski definition) is 3. The van der Waals surface area contributed by atoms with Gasteiger partial charge in [-0.2, -0.15) is 4.98 Å². The topological polar surface area (TPSA) is 111 Å². The van der Waals surface area contributed by atoms with E-state index in [1.165, 1.54) is 0 Å². The molecule has 11 heteroatoms. The molecule has 0 radical (unpaired) electrons. The highest BCUT2D eigenvalue weighted by atomic mass is 19.1. The van der Waals surface area contributed by atoms with Gasteiger partial charge in [0, 0.05) is 30.1 Å². The summed E-state index contributed by atoms with van der Waals surface area (Å²) < 4.78 is 44.0. The van der Waals surface area contributed by atoms with E-state index in [9.17, 15) is 18.0 Å². The molecule has 180 valence electrons. The fourth-order valence-corrected chi connectivity index (χ4v) is 5.04. The maximum atomic E-state index is 14.4. The molecule has 2 fully saturated rings. The Morgan fingerprint density at radius 2 is 1.68 bits per heavy atom. The standard InChI is InChI=1S/C23H26F3N7O/c24-13-9-16(25)19(17(26)10-13)31-23-30-18-11-28-22(29-14-3-1-2-4-14)32-21(18)33(23)15-7-5-12(6-8-15)20(27)34/h9-12,14-15H,1-8H2,(H2,27,34)(H,30,31)(H,28,29,32)/t12-,15-. The van der Waals surface area contributed by atoms with Crippen LogP contribution in [0.5, 0.6) is 0 Å². The molecule has 0 spiro atoms. The van der Waals surface area contributed by atoms with Crippen molar-refractivity contribution in [1.29, 1.82) is 0 Å². The van der Waals surface area contributed by atoms with E-state index in [-0.39, 0.29) is 23.8 Å². The fraction of sp³-hybridized carbons (Fsp3) is 0.478. The molecule has 2 heterocycles. The van der Waals surface area contributed by atoms with Crippen LogP contribution in [0.3, 0.4) is 0 Å². The number of carbonyl (C=O) groups is 1. The number of benzene rings is 1. The first kappa shape index (κ1) is 22.4. The first-order chi connectivity index (χ1) is 16.4. The number of amides is 1. The van der Waals surface area contributed by atoms with Gasteiger partial charge in [-0.25, -0.2) is 23.1 Å². The first-order valence-corrected chi connectivity index (χ1v) is 11.6.